The van der Waals surface area contributed by atoms with Crippen LogP contribution in [0.2, 0.25) is 0 Å². The van der Waals surface area contributed by atoms with Gasteiger partial charge in [-0.25, -0.2) is 0 Å². The van der Waals surface area contributed by atoms with Gasteiger partial charge in [0.05, 0.1) is 0 Å². The fraction of sp³-hybridized carbons (Fsp3) is 0.583. The van der Waals surface area contributed by atoms with E-state index in [1.165, 1.54) is 6.07 Å². The molecule has 1 fully saturated rings. The van der Waals surface area contributed by atoms with Gasteiger partial charge in [-0.2, -0.15) is 17.7 Å². The van der Waals surface area contributed by atoms with Crippen molar-refractivity contribution in [2.24, 2.45) is 0 Å². The predicted octanol–water partition coefficient (Wildman–Crippen LogP) is 1.65. The summed E-state index contributed by atoms with van der Waals surface area (Å²) in [5.74, 6) is -0.729. The summed E-state index contributed by atoms with van der Waals surface area (Å²) < 4.78 is 39.0. The molecule has 1 unspecified atom stereocenters. The molecule has 0 spiro atoms. The van der Waals surface area contributed by atoms with Crippen LogP contribution in [-0.4, -0.2) is 50.9 Å². The molecule has 0 saturated carbocycles. The molecule has 9 heteroatoms. The molecule has 0 bridgehead atoms. The number of halogens is 3. The lowest BCUT2D eigenvalue weighted by atomic mass is 10.2. The Morgan fingerprint density at radius 3 is 2.81 bits per heavy atom. The third-order valence-electron chi connectivity index (χ3n) is 3.71. The molecule has 2 aromatic heterocycles. The smallest absolute Gasteiger partial charge is 0.367 e. The fourth-order valence-corrected chi connectivity index (χ4v) is 2.52. The van der Waals surface area contributed by atoms with E-state index in [-0.39, 0.29) is 5.65 Å². The molecule has 1 aliphatic heterocycles. The quantitative estimate of drug-likeness (QED) is 0.934. The SMILES string of the molecule is CN1CCCC1CNc1ccc2nnc(C(F)(F)F)n2n1. The second-order valence-electron chi connectivity index (χ2n) is 5.17. The maximum Gasteiger partial charge on any atom is 0.453 e. The van der Waals surface area contributed by atoms with E-state index in [0.717, 1.165) is 23.9 Å². The van der Waals surface area contributed by atoms with Gasteiger partial charge in [-0.1, -0.05) is 0 Å². The van der Waals surface area contributed by atoms with Crippen molar-refractivity contribution in [2.75, 3.05) is 25.5 Å². The summed E-state index contributed by atoms with van der Waals surface area (Å²) >= 11 is 0. The van der Waals surface area contributed by atoms with Crippen molar-refractivity contribution in [3.05, 3.63) is 18.0 Å². The lowest BCUT2D eigenvalue weighted by Gasteiger charge is -2.19. The molecule has 1 atom stereocenters. The summed E-state index contributed by atoms with van der Waals surface area (Å²) in [5, 5.41) is 13.6. The van der Waals surface area contributed by atoms with Crippen molar-refractivity contribution in [3.63, 3.8) is 0 Å². The number of hydrogen-bond acceptors (Lipinski definition) is 5. The molecule has 6 nitrogen and oxygen atoms in total. The van der Waals surface area contributed by atoms with Crippen molar-refractivity contribution in [2.45, 2.75) is 25.1 Å². The second-order valence-corrected chi connectivity index (χ2v) is 5.17. The van der Waals surface area contributed by atoms with E-state index in [1.54, 1.807) is 6.07 Å². The first kappa shape index (κ1) is 14.1. The molecule has 3 rings (SSSR count). The number of nitrogens with zero attached hydrogens (tertiary/aromatic N) is 5. The molecule has 0 aliphatic carbocycles. The number of likely N-dealkylation sites (N-methyl/N-ethyl adjacent to an activating group) is 1. The molecule has 0 aromatic carbocycles. The van der Waals surface area contributed by atoms with Crippen molar-refractivity contribution in [3.8, 4) is 0 Å². The molecule has 0 amide bonds. The van der Waals surface area contributed by atoms with Crippen LogP contribution in [0.25, 0.3) is 5.65 Å². The lowest BCUT2D eigenvalue weighted by Crippen LogP contribution is -2.31. The second kappa shape index (κ2) is 5.14. The van der Waals surface area contributed by atoms with Gasteiger partial charge in [-0.05, 0) is 38.6 Å². The Labute approximate surface area is 119 Å². The monoisotopic (exact) mass is 300 g/mol. The number of rotatable bonds is 3. The highest BCUT2D eigenvalue weighted by atomic mass is 19.4. The minimum atomic E-state index is -4.57. The van der Waals surface area contributed by atoms with E-state index in [1.807, 2.05) is 7.05 Å². The molecule has 0 radical (unpaired) electrons. The van der Waals surface area contributed by atoms with Gasteiger partial charge in [0, 0.05) is 12.6 Å². The van der Waals surface area contributed by atoms with Gasteiger partial charge in [-0.15, -0.1) is 15.3 Å². The van der Waals surface area contributed by atoms with Gasteiger partial charge in [0.15, 0.2) is 5.65 Å². The van der Waals surface area contributed by atoms with Gasteiger partial charge < -0.3 is 10.2 Å². The number of nitrogens with one attached hydrogen (secondary N) is 1. The Hall–Kier alpha value is -1.90. The maximum absolute atomic E-state index is 12.8. The van der Waals surface area contributed by atoms with Crippen LogP contribution in [-0.2, 0) is 6.18 Å². The lowest BCUT2D eigenvalue weighted by molar-refractivity contribution is -0.146. The van der Waals surface area contributed by atoms with Crippen LogP contribution in [0.4, 0.5) is 19.0 Å². The third kappa shape index (κ3) is 2.78. The van der Waals surface area contributed by atoms with E-state index in [2.05, 4.69) is 25.5 Å². The first-order valence-electron chi connectivity index (χ1n) is 6.69. The molecule has 3 heterocycles. The van der Waals surface area contributed by atoms with E-state index in [0.29, 0.717) is 18.4 Å². The molecule has 114 valence electrons. The summed E-state index contributed by atoms with van der Waals surface area (Å²) in [6.45, 7) is 1.70. The van der Waals surface area contributed by atoms with Crippen LogP contribution in [0.1, 0.15) is 18.7 Å². The molecular formula is C12H15F3N6. The Kier molecular flexibility index (Phi) is 3.44. The topological polar surface area (TPSA) is 58.3 Å². The number of alkyl halides is 3. The summed E-state index contributed by atoms with van der Waals surface area (Å²) in [6.07, 6.45) is -2.36. The Bertz CT molecular complexity index is 637. The van der Waals surface area contributed by atoms with Crippen molar-refractivity contribution in [1.82, 2.24) is 24.7 Å². The molecular weight excluding hydrogens is 285 g/mol. The zero-order valence-electron chi connectivity index (χ0n) is 11.4. The number of aromatic nitrogens is 4. The zero-order valence-corrected chi connectivity index (χ0v) is 11.4. The normalized spacial score (nSPS) is 20.3. The summed E-state index contributed by atoms with van der Waals surface area (Å²) in [4.78, 5) is 2.23. The predicted molar refractivity (Wildman–Crippen MR) is 69.9 cm³/mol. The third-order valence-corrected chi connectivity index (χ3v) is 3.71. The first-order chi connectivity index (χ1) is 9.95. The highest BCUT2D eigenvalue weighted by molar-refractivity contribution is 5.44. The highest BCUT2D eigenvalue weighted by Gasteiger charge is 2.37. The Morgan fingerprint density at radius 1 is 1.33 bits per heavy atom. The molecule has 2 aromatic rings. The van der Waals surface area contributed by atoms with E-state index in [4.69, 9.17) is 0 Å². The molecule has 1 N–H and O–H groups in total. The van der Waals surface area contributed by atoms with Gasteiger partial charge in [-0.3, -0.25) is 0 Å². The van der Waals surface area contributed by atoms with Gasteiger partial charge in [0.25, 0.3) is 5.82 Å². The van der Waals surface area contributed by atoms with Crippen LogP contribution < -0.4 is 5.32 Å². The molecule has 1 aliphatic rings. The fourth-order valence-electron chi connectivity index (χ4n) is 2.52. The Balaban J connectivity index is 1.80. The molecule has 1 saturated heterocycles. The van der Waals surface area contributed by atoms with Crippen LogP contribution in [0.5, 0.6) is 0 Å². The number of likely N-dealkylation sites (tertiary alicyclic amines) is 1. The maximum atomic E-state index is 12.8. The van der Waals surface area contributed by atoms with Crippen LogP contribution in [0.3, 0.4) is 0 Å². The van der Waals surface area contributed by atoms with Gasteiger partial charge in [0.2, 0.25) is 0 Å². The van der Waals surface area contributed by atoms with Crippen molar-refractivity contribution >= 4 is 11.5 Å². The van der Waals surface area contributed by atoms with E-state index < -0.39 is 12.0 Å². The van der Waals surface area contributed by atoms with E-state index in [9.17, 15) is 13.2 Å². The van der Waals surface area contributed by atoms with Crippen LogP contribution in [0, 0.1) is 0 Å². The number of fused-ring (bicyclic) bond motifs is 1. The number of anilines is 1. The zero-order chi connectivity index (χ0) is 15.0. The minimum Gasteiger partial charge on any atom is -0.367 e. The summed E-state index contributed by atoms with van der Waals surface area (Å²) in [5.41, 5.74) is 0.0749. The Morgan fingerprint density at radius 2 is 2.14 bits per heavy atom. The van der Waals surface area contributed by atoms with Crippen LogP contribution >= 0.6 is 0 Å². The minimum absolute atomic E-state index is 0.0749. The standard InChI is InChI=1S/C12H15F3N6/c1-20-6-2-3-8(20)7-16-9-4-5-10-17-18-11(12(13,14)15)21(10)19-9/h4-5,8H,2-3,6-7H2,1H3,(H,16,19). The highest BCUT2D eigenvalue weighted by Crippen LogP contribution is 2.27. The van der Waals surface area contributed by atoms with Crippen LogP contribution in [0.15, 0.2) is 12.1 Å². The van der Waals surface area contributed by atoms with Crippen molar-refractivity contribution in [1.29, 1.82) is 0 Å². The van der Waals surface area contributed by atoms with Gasteiger partial charge >= 0.3 is 6.18 Å². The van der Waals surface area contributed by atoms with Gasteiger partial charge in [0.1, 0.15) is 5.82 Å². The average molecular weight is 300 g/mol. The average Bonchev–Trinajstić information content (AvgIpc) is 3.01. The summed E-state index contributed by atoms with van der Waals surface area (Å²) in [7, 11) is 2.04. The first-order valence-corrected chi connectivity index (χ1v) is 6.69. The largest absolute Gasteiger partial charge is 0.453 e. The van der Waals surface area contributed by atoms with E-state index >= 15 is 0 Å². The summed E-state index contributed by atoms with van der Waals surface area (Å²) in [6, 6.07) is 3.46. The molecule has 21 heavy (non-hydrogen) atoms. The van der Waals surface area contributed by atoms with Crippen molar-refractivity contribution < 1.29 is 13.2 Å². The number of hydrogen-bond donors (Lipinski definition) is 1.